The summed E-state index contributed by atoms with van der Waals surface area (Å²) in [5.41, 5.74) is 0. The van der Waals surface area contributed by atoms with E-state index >= 15 is 0 Å². The Labute approximate surface area is 87.2 Å². The summed E-state index contributed by atoms with van der Waals surface area (Å²) in [7, 11) is 0. The fraction of sp³-hybridized carbons (Fsp3) is 0.455. The van der Waals surface area contributed by atoms with Gasteiger partial charge in [0.15, 0.2) is 0 Å². The van der Waals surface area contributed by atoms with Crippen molar-refractivity contribution in [1.82, 2.24) is 0 Å². The van der Waals surface area contributed by atoms with E-state index in [0.29, 0.717) is 18.6 Å². The molecule has 2 unspecified atom stereocenters. The average Bonchev–Trinajstić information content (AvgIpc) is 2.48. The van der Waals surface area contributed by atoms with E-state index in [2.05, 4.69) is 0 Å². The van der Waals surface area contributed by atoms with Gasteiger partial charge >= 0.3 is 11.9 Å². The minimum atomic E-state index is -0.833. The summed E-state index contributed by atoms with van der Waals surface area (Å²) in [6.07, 6.45) is 6.92. The highest BCUT2D eigenvalue weighted by Gasteiger charge is 2.28. The van der Waals surface area contributed by atoms with Crippen LogP contribution in [-0.2, 0) is 14.3 Å². The maximum atomic E-state index is 11.4. The predicted octanol–water partition coefficient (Wildman–Crippen LogP) is 1.48. The summed E-state index contributed by atoms with van der Waals surface area (Å²) < 4.78 is 5.10. The minimum absolute atomic E-state index is 0.130. The van der Waals surface area contributed by atoms with Crippen LogP contribution in [0.3, 0.4) is 0 Å². The van der Waals surface area contributed by atoms with Crippen LogP contribution in [0.1, 0.15) is 19.3 Å². The molecule has 0 aromatic heterocycles. The van der Waals surface area contributed by atoms with Crippen LogP contribution >= 0.6 is 0 Å². The lowest BCUT2D eigenvalue weighted by atomic mass is 9.96. The van der Waals surface area contributed by atoms with Gasteiger partial charge in [0.05, 0.1) is 11.8 Å². The normalized spacial score (nSPS) is 28.1. The van der Waals surface area contributed by atoms with Crippen molar-refractivity contribution in [3.8, 4) is 0 Å². The molecule has 4 nitrogen and oxygen atoms in total. The third-order valence-corrected chi connectivity index (χ3v) is 2.72. The van der Waals surface area contributed by atoms with Crippen molar-refractivity contribution in [2.45, 2.75) is 19.3 Å². The van der Waals surface area contributed by atoms with E-state index in [1.165, 1.54) is 0 Å². The summed E-state index contributed by atoms with van der Waals surface area (Å²) in [6, 6.07) is 0. The number of carbonyl (C=O) groups is 2. The number of aliphatic carboxylic acids is 1. The van der Waals surface area contributed by atoms with Gasteiger partial charge in [0.25, 0.3) is 0 Å². The topological polar surface area (TPSA) is 63.6 Å². The quantitative estimate of drug-likeness (QED) is 0.563. The van der Waals surface area contributed by atoms with Gasteiger partial charge in [-0.3, -0.25) is 9.59 Å². The van der Waals surface area contributed by atoms with Gasteiger partial charge in [0, 0.05) is 6.42 Å². The number of carboxylic acid groups (broad SMARTS) is 1. The minimum Gasteiger partial charge on any atom is -0.481 e. The zero-order valence-corrected chi connectivity index (χ0v) is 8.18. The lowest BCUT2D eigenvalue weighted by Gasteiger charge is -2.16. The first-order valence-electron chi connectivity index (χ1n) is 4.97. The van der Waals surface area contributed by atoms with Gasteiger partial charge in [-0.1, -0.05) is 12.2 Å². The van der Waals surface area contributed by atoms with Gasteiger partial charge in [-0.2, -0.15) is 0 Å². The van der Waals surface area contributed by atoms with Crippen LogP contribution in [0.15, 0.2) is 24.0 Å². The SMILES string of the molecule is O=C(OC1=CCC(C(=O)O)C1)C1C=CC1. The summed E-state index contributed by atoms with van der Waals surface area (Å²) in [6.45, 7) is 0. The Morgan fingerprint density at radius 1 is 1.40 bits per heavy atom. The van der Waals surface area contributed by atoms with Gasteiger partial charge in [0.2, 0.25) is 0 Å². The molecule has 2 atom stereocenters. The maximum absolute atomic E-state index is 11.4. The van der Waals surface area contributed by atoms with Crippen LogP contribution in [0.5, 0.6) is 0 Å². The van der Waals surface area contributed by atoms with Crippen molar-refractivity contribution >= 4 is 11.9 Å². The lowest BCUT2D eigenvalue weighted by molar-refractivity contribution is -0.145. The molecule has 0 fully saturated rings. The Bertz CT molecular complexity index is 354. The molecule has 80 valence electrons. The van der Waals surface area contributed by atoms with Crippen molar-refractivity contribution < 1.29 is 19.4 Å². The molecule has 2 aliphatic rings. The molecule has 0 saturated heterocycles. The molecule has 0 bridgehead atoms. The van der Waals surface area contributed by atoms with Crippen molar-refractivity contribution in [1.29, 1.82) is 0 Å². The maximum Gasteiger partial charge on any atom is 0.318 e. The molecule has 0 amide bonds. The highest BCUT2D eigenvalue weighted by molar-refractivity contribution is 5.77. The van der Waals surface area contributed by atoms with Crippen molar-refractivity contribution in [3.63, 3.8) is 0 Å². The third-order valence-electron chi connectivity index (χ3n) is 2.72. The van der Waals surface area contributed by atoms with Gasteiger partial charge in [-0.25, -0.2) is 0 Å². The first kappa shape index (κ1) is 9.96. The fourth-order valence-corrected chi connectivity index (χ4v) is 1.61. The monoisotopic (exact) mass is 208 g/mol. The van der Waals surface area contributed by atoms with E-state index in [1.54, 1.807) is 12.2 Å². The second-order valence-electron chi connectivity index (χ2n) is 3.84. The Morgan fingerprint density at radius 2 is 2.13 bits per heavy atom. The summed E-state index contributed by atoms with van der Waals surface area (Å²) in [5, 5.41) is 8.75. The van der Waals surface area contributed by atoms with E-state index in [0.717, 1.165) is 6.42 Å². The summed E-state index contributed by atoms with van der Waals surface area (Å²) in [4.78, 5) is 22.0. The second kappa shape index (κ2) is 3.88. The van der Waals surface area contributed by atoms with E-state index < -0.39 is 11.9 Å². The van der Waals surface area contributed by atoms with Gasteiger partial charge < -0.3 is 9.84 Å². The third kappa shape index (κ3) is 2.09. The number of hydrogen-bond acceptors (Lipinski definition) is 3. The van der Waals surface area contributed by atoms with Crippen molar-refractivity contribution in [2.24, 2.45) is 11.8 Å². The number of allylic oxidation sites excluding steroid dienone is 3. The number of carbonyl (C=O) groups excluding carboxylic acids is 1. The summed E-state index contributed by atoms with van der Waals surface area (Å²) >= 11 is 0. The van der Waals surface area contributed by atoms with Gasteiger partial charge in [-0.15, -0.1) is 0 Å². The molecular formula is C11H12O4. The molecule has 15 heavy (non-hydrogen) atoms. The zero-order valence-electron chi connectivity index (χ0n) is 8.18. The molecule has 0 aliphatic heterocycles. The molecule has 0 aromatic rings. The van der Waals surface area contributed by atoms with Crippen molar-refractivity contribution in [3.05, 3.63) is 24.0 Å². The van der Waals surface area contributed by atoms with E-state index in [-0.39, 0.29) is 11.9 Å². The fourth-order valence-electron chi connectivity index (χ4n) is 1.61. The van der Waals surface area contributed by atoms with Crippen LogP contribution in [-0.4, -0.2) is 17.0 Å². The highest BCUT2D eigenvalue weighted by atomic mass is 16.5. The number of ether oxygens (including phenoxy) is 1. The highest BCUT2D eigenvalue weighted by Crippen LogP contribution is 2.28. The molecule has 0 radical (unpaired) electrons. The predicted molar refractivity (Wildman–Crippen MR) is 51.8 cm³/mol. The Morgan fingerprint density at radius 3 is 2.60 bits per heavy atom. The molecule has 0 saturated carbocycles. The number of esters is 1. The molecule has 2 aliphatic carbocycles. The van der Waals surface area contributed by atoms with Gasteiger partial charge in [0.1, 0.15) is 5.76 Å². The van der Waals surface area contributed by atoms with Crippen LogP contribution in [0.25, 0.3) is 0 Å². The molecule has 0 spiro atoms. The van der Waals surface area contributed by atoms with E-state index in [1.807, 2.05) is 6.08 Å². The Hall–Kier alpha value is -1.58. The molecule has 2 rings (SSSR count). The second-order valence-corrected chi connectivity index (χ2v) is 3.84. The number of hydrogen-bond donors (Lipinski definition) is 1. The average molecular weight is 208 g/mol. The summed E-state index contributed by atoms with van der Waals surface area (Å²) in [5.74, 6) is -1.15. The Kier molecular flexibility index (Phi) is 2.58. The lowest BCUT2D eigenvalue weighted by Crippen LogP contribution is -2.19. The van der Waals surface area contributed by atoms with Gasteiger partial charge in [-0.05, 0) is 18.9 Å². The number of rotatable bonds is 3. The smallest absolute Gasteiger partial charge is 0.318 e. The molecule has 0 aromatic carbocycles. The van der Waals surface area contributed by atoms with Crippen LogP contribution in [0, 0.1) is 11.8 Å². The molecule has 1 N–H and O–H groups in total. The molecule has 4 heteroatoms. The standard InChI is InChI=1S/C11H12O4/c12-10(13)8-4-5-9(6-8)15-11(14)7-2-1-3-7/h1-2,5,7-8H,3-4,6H2,(H,12,13). The van der Waals surface area contributed by atoms with Crippen LogP contribution in [0.4, 0.5) is 0 Å². The van der Waals surface area contributed by atoms with Crippen molar-refractivity contribution in [2.75, 3.05) is 0 Å². The molecule has 0 heterocycles. The molecular weight excluding hydrogens is 196 g/mol. The first-order valence-corrected chi connectivity index (χ1v) is 4.97. The first-order chi connectivity index (χ1) is 7.16. The Balaban J connectivity index is 1.84. The zero-order chi connectivity index (χ0) is 10.8. The van der Waals surface area contributed by atoms with Crippen LogP contribution in [0.2, 0.25) is 0 Å². The van der Waals surface area contributed by atoms with E-state index in [4.69, 9.17) is 9.84 Å². The van der Waals surface area contributed by atoms with E-state index in [9.17, 15) is 9.59 Å². The number of carboxylic acids is 1. The largest absolute Gasteiger partial charge is 0.481 e. The van der Waals surface area contributed by atoms with Crippen LogP contribution < -0.4 is 0 Å².